The summed E-state index contributed by atoms with van der Waals surface area (Å²) in [5.41, 5.74) is 10.0. The molecule has 1 aromatic carbocycles. The van der Waals surface area contributed by atoms with Gasteiger partial charge in [-0.1, -0.05) is 6.07 Å². The number of nitrogens with one attached hydrogen (secondary N) is 1. The highest BCUT2D eigenvalue weighted by Crippen LogP contribution is 2.22. The molecular formula is C23H26N6O3. The molecule has 1 aliphatic rings. The molecule has 2 amide bonds. The van der Waals surface area contributed by atoms with Crippen LogP contribution in [0.5, 0.6) is 5.75 Å². The van der Waals surface area contributed by atoms with E-state index in [9.17, 15) is 9.59 Å². The van der Waals surface area contributed by atoms with Crippen molar-refractivity contribution in [1.82, 2.24) is 25.0 Å². The van der Waals surface area contributed by atoms with Crippen LogP contribution in [0.1, 0.15) is 27.9 Å². The number of nitrogens with two attached hydrogens (primary N) is 1. The summed E-state index contributed by atoms with van der Waals surface area (Å²) in [5, 5.41) is 7.10. The van der Waals surface area contributed by atoms with Gasteiger partial charge in [0.2, 0.25) is 0 Å². The monoisotopic (exact) mass is 434 g/mol. The highest BCUT2D eigenvalue weighted by molar-refractivity contribution is 5.99. The van der Waals surface area contributed by atoms with Crippen molar-refractivity contribution in [2.45, 2.75) is 26.3 Å². The minimum absolute atomic E-state index is 0.152. The van der Waals surface area contributed by atoms with Crippen LogP contribution in [0.25, 0.3) is 11.1 Å². The highest BCUT2D eigenvalue weighted by atomic mass is 16.6. The van der Waals surface area contributed by atoms with Gasteiger partial charge in [-0.2, -0.15) is 5.10 Å². The van der Waals surface area contributed by atoms with Gasteiger partial charge in [-0.3, -0.25) is 9.48 Å². The number of aromatic nitrogens is 3. The highest BCUT2D eigenvalue weighted by Gasteiger charge is 2.29. The summed E-state index contributed by atoms with van der Waals surface area (Å²) in [7, 11) is 1.82. The van der Waals surface area contributed by atoms with E-state index in [1.165, 1.54) is 0 Å². The Morgan fingerprint density at radius 3 is 2.69 bits per heavy atom. The van der Waals surface area contributed by atoms with Crippen molar-refractivity contribution in [2.75, 3.05) is 18.8 Å². The van der Waals surface area contributed by atoms with Crippen molar-refractivity contribution in [3.05, 3.63) is 59.5 Å². The van der Waals surface area contributed by atoms with E-state index in [0.717, 1.165) is 22.3 Å². The molecule has 9 heteroatoms. The zero-order chi connectivity index (χ0) is 22.8. The lowest BCUT2D eigenvalue weighted by Gasteiger charge is -2.17. The number of aryl methyl sites for hydroxylation is 3. The molecule has 2 aromatic heterocycles. The lowest BCUT2D eigenvalue weighted by Crippen LogP contribution is -2.39. The van der Waals surface area contributed by atoms with Crippen LogP contribution in [0, 0.1) is 13.8 Å². The second-order valence-electron chi connectivity index (χ2n) is 8.08. The van der Waals surface area contributed by atoms with Crippen LogP contribution >= 0.6 is 0 Å². The molecule has 4 rings (SSSR count). The third kappa shape index (κ3) is 4.56. The van der Waals surface area contributed by atoms with Crippen molar-refractivity contribution >= 4 is 17.8 Å². The molecule has 0 radical (unpaired) electrons. The molecule has 0 saturated carbocycles. The molecule has 0 spiro atoms. The van der Waals surface area contributed by atoms with E-state index in [0.29, 0.717) is 30.8 Å². The van der Waals surface area contributed by atoms with Crippen LogP contribution in [-0.4, -0.2) is 50.8 Å². The summed E-state index contributed by atoms with van der Waals surface area (Å²) in [5.74, 6) is 0.339. The van der Waals surface area contributed by atoms with Gasteiger partial charge >= 0.3 is 6.09 Å². The Morgan fingerprint density at radius 1 is 1.16 bits per heavy atom. The minimum Gasteiger partial charge on any atom is -0.410 e. The SMILES string of the molecule is Cc1ccc(OC(=O)N2CC[C@@H](NC(=O)c3cc(-c4cnn(C)c4)cnc3N)C2)cc1C. The maximum absolute atomic E-state index is 12.9. The van der Waals surface area contributed by atoms with E-state index in [2.05, 4.69) is 15.4 Å². The maximum atomic E-state index is 12.9. The molecule has 1 aliphatic heterocycles. The largest absolute Gasteiger partial charge is 0.415 e. The molecule has 1 fully saturated rings. The number of carbonyl (C=O) groups excluding carboxylic acids is 2. The molecule has 1 atom stereocenters. The number of pyridine rings is 1. The number of anilines is 1. The smallest absolute Gasteiger partial charge is 0.410 e. The first kappa shape index (κ1) is 21.4. The number of ether oxygens (including phenoxy) is 1. The second-order valence-corrected chi connectivity index (χ2v) is 8.08. The van der Waals surface area contributed by atoms with Crippen molar-refractivity contribution in [3.63, 3.8) is 0 Å². The van der Waals surface area contributed by atoms with Crippen LogP contribution in [0.3, 0.4) is 0 Å². The summed E-state index contributed by atoms with van der Waals surface area (Å²) < 4.78 is 7.17. The van der Waals surface area contributed by atoms with E-state index in [1.807, 2.05) is 39.2 Å². The van der Waals surface area contributed by atoms with Gasteiger partial charge in [0.15, 0.2) is 0 Å². The predicted octanol–water partition coefficient (Wildman–Crippen LogP) is 2.68. The summed E-state index contributed by atoms with van der Waals surface area (Å²) in [6, 6.07) is 7.04. The van der Waals surface area contributed by atoms with Gasteiger partial charge in [0.25, 0.3) is 5.91 Å². The number of likely N-dealkylation sites (tertiary alicyclic amines) is 1. The summed E-state index contributed by atoms with van der Waals surface area (Å²) in [6.45, 7) is 4.84. The Morgan fingerprint density at radius 2 is 1.97 bits per heavy atom. The van der Waals surface area contributed by atoms with Gasteiger partial charge in [-0.15, -0.1) is 0 Å². The zero-order valence-corrected chi connectivity index (χ0v) is 18.3. The van der Waals surface area contributed by atoms with Crippen molar-refractivity contribution in [1.29, 1.82) is 0 Å². The van der Waals surface area contributed by atoms with Crippen molar-refractivity contribution in [2.24, 2.45) is 7.05 Å². The fraction of sp³-hybridized carbons (Fsp3) is 0.304. The standard InChI is InChI=1S/C23H26N6O3/c1-14-4-5-19(8-15(14)2)32-23(31)29-7-6-18(13-29)27-22(30)20-9-16(10-25-21(20)24)17-11-26-28(3)12-17/h4-5,8-12,18H,6-7,13H2,1-3H3,(H2,24,25)(H,27,30)/t18-/m1/s1. The molecule has 3 aromatic rings. The van der Waals surface area contributed by atoms with E-state index in [-0.39, 0.29) is 17.8 Å². The van der Waals surface area contributed by atoms with E-state index in [1.54, 1.807) is 34.1 Å². The summed E-state index contributed by atoms with van der Waals surface area (Å²) in [6.07, 6.45) is 5.35. The predicted molar refractivity (Wildman–Crippen MR) is 120 cm³/mol. The van der Waals surface area contributed by atoms with Crippen LogP contribution in [-0.2, 0) is 7.05 Å². The topological polar surface area (TPSA) is 115 Å². The van der Waals surface area contributed by atoms with E-state index >= 15 is 0 Å². The number of carbonyl (C=O) groups is 2. The third-order valence-electron chi connectivity index (χ3n) is 5.67. The fourth-order valence-corrected chi connectivity index (χ4v) is 3.64. The Kier molecular flexibility index (Phi) is 5.81. The molecule has 0 unspecified atom stereocenters. The zero-order valence-electron chi connectivity index (χ0n) is 18.3. The van der Waals surface area contributed by atoms with Gasteiger partial charge in [0.1, 0.15) is 11.6 Å². The lowest BCUT2D eigenvalue weighted by atomic mass is 10.1. The quantitative estimate of drug-likeness (QED) is 0.652. The van der Waals surface area contributed by atoms with Gasteiger partial charge in [-0.25, -0.2) is 9.78 Å². The first-order chi connectivity index (χ1) is 15.3. The molecular weight excluding hydrogens is 408 g/mol. The Hall–Kier alpha value is -3.88. The average molecular weight is 435 g/mol. The number of hydrogen-bond acceptors (Lipinski definition) is 6. The Labute approximate surface area is 186 Å². The van der Waals surface area contributed by atoms with E-state index in [4.69, 9.17) is 10.5 Å². The van der Waals surface area contributed by atoms with Gasteiger partial charge < -0.3 is 20.7 Å². The lowest BCUT2D eigenvalue weighted by molar-refractivity contribution is 0.0937. The third-order valence-corrected chi connectivity index (χ3v) is 5.67. The number of nitrogens with zero attached hydrogens (tertiary/aromatic N) is 4. The Balaban J connectivity index is 1.38. The number of benzene rings is 1. The first-order valence-corrected chi connectivity index (χ1v) is 10.4. The van der Waals surface area contributed by atoms with Crippen LogP contribution in [0.15, 0.2) is 42.9 Å². The van der Waals surface area contributed by atoms with Gasteiger partial charge in [-0.05, 0) is 49.6 Å². The van der Waals surface area contributed by atoms with Crippen LogP contribution in [0.4, 0.5) is 10.6 Å². The number of amides is 2. The van der Waals surface area contributed by atoms with Crippen molar-refractivity contribution < 1.29 is 14.3 Å². The number of rotatable bonds is 4. The molecule has 9 nitrogen and oxygen atoms in total. The molecule has 1 saturated heterocycles. The first-order valence-electron chi connectivity index (χ1n) is 10.4. The fourth-order valence-electron chi connectivity index (χ4n) is 3.64. The molecule has 0 aliphatic carbocycles. The van der Waals surface area contributed by atoms with Crippen LogP contribution < -0.4 is 15.8 Å². The Bertz CT molecular complexity index is 1170. The molecule has 166 valence electrons. The number of nitrogen functional groups attached to an aromatic ring is 1. The second kappa shape index (κ2) is 8.70. The van der Waals surface area contributed by atoms with Gasteiger partial charge in [0, 0.05) is 49.7 Å². The molecule has 3 N–H and O–H groups in total. The average Bonchev–Trinajstić information content (AvgIpc) is 3.40. The molecule has 0 bridgehead atoms. The maximum Gasteiger partial charge on any atom is 0.415 e. The summed E-state index contributed by atoms with van der Waals surface area (Å²) in [4.78, 5) is 31.1. The van der Waals surface area contributed by atoms with Gasteiger partial charge in [0.05, 0.1) is 11.8 Å². The number of hydrogen-bond donors (Lipinski definition) is 2. The normalized spacial score (nSPS) is 15.6. The molecule has 32 heavy (non-hydrogen) atoms. The summed E-state index contributed by atoms with van der Waals surface area (Å²) >= 11 is 0. The van der Waals surface area contributed by atoms with Crippen molar-refractivity contribution in [3.8, 4) is 16.9 Å². The van der Waals surface area contributed by atoms with Crippen LogP contribution in [0.2, 0.25) is 0 Å². The van der Waals surface area contributed by atoms with E-state index < -0.39 is 6.09 Å². The minimum atomic E-state index is -0.426. The molecule has 3 heterocycles.